The number of benzene rings is 4. The van der Waals surface area contributed by atoms with Gasteiger partial charge in [0.2, 0.25) is 0 Å². The number of fused-ring (bicyclic) bond motifs is 7. The number of hydrogen-bond donors (Lipinski definition) is 0. The van der Waals surface area contributed by atoms with Crippen LogP contribution in [0.15, 0.2) is 60.7 Å². The van der Waals surface area contributed by atoms with Crippen molar-refractivity contribution in [2.75, 3.05) is 0 Å². The van der Waals surface area contributed by atoms with Crippen molar-refractivity contribution >= 4 is 38.5 Å². The van der Waals surface area contributed by atoms with E-state index in [1.54, 1.807) is 22.3 Å². The van der Waals surface area contributed by atoms with Crippen molar-refractivity contribution < 1.29 is 4.48 Å². The van der Waals surface area contributed by atoms with Crippen LogP contribution in [-0.4, -0.2) is 16.6 Å². The quantitative estimate of drug-likeness (QED) is 0.211. The van der Waals surface area contributed by atoms with Crippen molar-refractivity contribution in [1.82, 2.24) is 0 Å². The molecule has 7 rings (SSSR count). The molecule has 2 fully saturated rings. The van der Waals surface area contributed by atoms with Crippen LogP contribution in [0.25, 0.3) is 32.7 Å². The van der Waals surface area contributed by atoms with Crippen LogP contribution in [0.4, 0.5) is 0 Å². The van der Waals surface area contributed by atoms with E-state index in [0.717, 1.165) is 12.1 Å². The third-order valence-corrected chi connectivity index (χ3v) is 10.5. The number of aryl methyl sites for hydroxylation is 2. The maximum atomic E-state index is 2.49. The first-order valence-corrected chi connectivity index (χ1v) is 15.0. The number of rotatable bonds is 2. The molecule has 0 radical (unpaired) electrons. The van der Waals surface area contributed by atoms with Gasteiger partial charge in [0.1, 0.15) is 13.1 Å². The Kier molecular flexibility index (Phi) is 7.16. The smallest absolute Gasteiger partial charge is 0.106 e. The Morgan fingerprint density at radius 2 is 0.947 bits per heavy atom. The Hall–Kier alpha value is -2.16. The molecule has 0 amide bonds. The van der Waals surface area contributed by atoms with E-state index >= 15 is 0 Å². The minimum atomic E-state index is 0. The summed E-state index contributed by atoms with van der Waals surface area (Å²) in [6.45, 7) is 7.24. The van der Waals surface area contributed by atoms with Crippen LogP contribution < -0.4 is 0 Å². The lowest BCUT2D eigenvalue weighted by atomic mass is 9.84. The van der Waals surface area contributed by atoms with Gasteiger partial charge in [0.05, 0.1) is 12.1 Å². The van der Waals surface area contributed by atoms with Crippen molar-refractivity contribution in [3.05, 3.63) is 82.9 Å². The van der Waals surface area contributed by atoms with Gasteiger partial charge in [-0.3, -0.25) is 0 Å². The Labute approximate surface area is 239 Å². The number of quaternary nitrogens is 1. The highest BCUT2D eigenvalue weighted by molar-refractivity contribution is 8.93. The molecule has 4 aromatic carbocycles. The Morgan fingerprint density at radius 3 is 1.37 bits per heavy atom. The average Bonchev–Trinajstić information content (AvgIpc) is 3.12. The van der Waals surface area contributed by atoms with Gasteiger partial charge < -0.3 is 4.48 Å². The topological polar surface area (TPSA) is 0 Å². The molecule has 2 heteroatoms. The second-order valence-electron chi connectivity index (χ2n) is 12.5. The molecule has 1 aliphatic heterocycles. The highest BCUT2D eigenvalue weighted by atomic mass is 79.9. The molecule has 2 aliphatic carbocycles. The maximum Gasteiger partial charge on any atom is 0.106 e. The van der Waals surface area contributed by atoms with Gasteiger partial charge >= 0.3 is 0 Å². The lowest BCUT2D eigenvalue weighted by molar-refractivity contribution is -0.999. The zero-order valence-electron chi connectivity index (χ0n) is 23.3. The van der Waals surface area contributed by atoms with E-state index in [1.807, 2.05) is 0 Å². The summed E-state index contributed by atoms with van der Waals surface area (Å²) in [6, 6.07) is 25.0. The number of hydrogen-bond acceptors (Lipinski definition) is 0. The summed E-state index contributed by atoms with van der Waals surface area (Å²) in [4.78, 5) is 0. The van der Waals surface area contributed by atoms with E-state index in [1.165, 1.54) is 114 Å². The molecular formula is C36H43BrN+. The summed E-state index contributed by atoms with van der Waals surface area (Å²) < 4.78 is 1.32. The van der Waals surface area contributed by atoms with Gasteiger partial charge in [-0.05, 0) is 109 Å². The molecule has 0 atom stereocenters. The summed E-state index contributed by atoms with van der Waals surface area (Å²) in [5.41, 5.74) is 9.39. The average molecular weight is 570 g/mol. The zero-order chi connectivity index (χ0) is 25.0. The van der Waals surface area contributed by atoms with Gasteiger partial charge in [-0.25, -0.2) is 0 Å². The highest BCUT2D eigenvalue weighted by Gasteiger charge is 2.47. The molecule has 198 valence electrons. The molecule has 0 bridgehead atoms. The molecule has 3 aliphatic rings. The largest absolute Gasteiger partial charge is 0.311 e. The van der Waals surface area contributed by atoms with E-state index in [0.29, 0.717) is 0 Å². The van der Waals surface area contributed by atoms with Gasteiger partial charge in [0.15, 0.2) is 0 Å². The molecule has 1 nitrogen and oxygen atoms in total. The monoisotopic (exact) mass is 568 g/mol. The second kappa shape index (κ2) is 10.4. The lowest BCUT2D eigenvalue weighted by Gasteiger charge is -2.52. The molecule has 4 aromatic rings. The third kappa shape index (κ3) is 4.14. The van der Waals surface area contributed by atoms with Gasteiger partial charge in [0, 0.05) is 11.1 Å². The Morgan fingerprint density at radius 1 is 0.553 bits per heavy atom. The molecule has 2 saturated carbocycles. The predicted octanol–water partition coefficient (Wildman–Crippen LogP) is 10.4. The maximum absolute atomic E-state index is 2.49. The summed E-state index contributed by atoms with van der Waals surface area (Å²) in [6.07, 6.45) is 14.2. The summed E-state index contributed by atoms with van der Waals surface area (Å²) in [5, 5.41) is 5.69. The minimum Gasteiger partial charge on any atom is -0.311 e. The molecule has 0 unspecified atom stereocenters. The fraction of sp³-hybridized carbons (Fsp3) is 0.444. The molecule has 0 saturated heterocycles. The lowest BCUT2D eigenvalue weighted by Crippen LogP contribution is -2.61. The number of nitrogens with zero attached hydrogens (tertiary/aromatic N) is 1. The Balaban J connectivity index is 0.00000264. The molecule has 0 N–H and O–H groups in total. The van der Waals surface area contributed by atoms with E-state index in [9.17, 15) is 0 Å². The molecular weight excluding hydrogens is 526 g/mol. The third-order valence-electron chi connectivity index (χ3n) is 10.5. The van der Waals surface area contributed by atoms with Crippen LogP contribution in [-0.2, 0) is 13.1 Å². The van der Waals surface area contributed by atoms with E-state index < -0.39 is 0 Å². The Bertz CT molecular complexity index is 1360. The first kappa shape index (κ1) is 26.1. The van der Waals surface area contributed by atoms with Crippen LogP contribution >= 0.6 is 17.0 Å². The predicted molar refractivity (Wildman–Crippen MR) is 168 cm³/mol. The zero-order valence-corrected chi connectivity index (χ0v) is 25.0. The van der Waals surface area contributed by atoms with Crippen LogP contribution in [0.3, 0.4) is 0 Å². The van der Waals surface area contributed by atoms with Gasteiger partial charge in [-0.2, -0.15) is 0 Å². The molecule has 38 heavy (non-hydrogen) atoms. The highest BCUT2D eigenvalue weighted by Crippen LogP contribution is 2.50. The van der Waals surface area contributed by atoms with Gasteiger partial charge in [-0.15, -0.1) is 17.0 Å². The molecule has 1 heterocycles. The second-order valence-corrected chi connectivity index (χ2v) is 12.5. The van der Waals surface area contributed by atoms with Gasteiger partial charge in [-0.1, -0.05) is 73.5 Å². The van der Waals surface area contributed by atoms with Crippen molar-refractivity contribution in [3.8, 4) is 11.1 Å². The van der Waals surface area contributed by atoms with E-state index in [4.69, 9.17) is 0 Å². The van der Waals surface area contributed by atoms with Crippen LogP contribution in [0.1, 0.15) is 86.5 Å². The summed E-state index contributed by atoms with van der Waals surface area (Å²) in [5.74, 6) is 0. The van der Waals surface area contributed by atoms with Crippen molar-refractivity contribution in [2.24, 2.45) is 0 Å². The van der Waals surface area contributed by atoms with Crippen molar-refractivity contribution in [3.63, 3.8) is 0 Å². The fourth-order valence-corrected chi connectivity index (χ4v) is 8.69. The van der Waals surface area contributed by atoms with Crippen molar-refractivity contribution in [2.45, 2.75) is 103 Å². The summed E-state index contributed by atoms with van der Waals surface area (Å²) >= 11 is 0. The molecule has 0 spiro atoms. The standard InChI is InChI=1S/C36H42N.BrH/c1-25-21-27-13-9-11-19-31(27)35-33(25)23-37(29-15-5-3-6-16-29,30-17-7-4-8-18-30)24-34-26(2)22-28-14-10-12-20-32(28)36(34)35;/h9-14,19-22,29-30H,3-8,15-18,23-24H2,1-2H3;1H/q+1;. The molecule has 0 aromatic heterocycles. The first-order chi connectivity index (χ1) is 18.2. The number of halogens is 1. The fourth-order valence-electron chi connectivity index (χ4n) is 8.69. The van der Waals surface area contributed by atoms with E-state index in [2.05, 4.69) is 74.5 Å². The SMILES string of the molecule is Br.Cc1cc2ccccc2c2c1C[N+](C1CCCCC1)(C1CCCCC1)Cc1c(C)cc3ccccc3c1-2. The van der Waals surface area contributed by atoms with Crippen molar-refractivity contribution in [1.29, 1.82) is 0 Å². The van der Waals surface area contributed by atoms with Crippen LogP contribution in [0.2, 0.25) is 0 Å². The normalized spacial score (nSPS) is 19.9. The first-order valence-electron chi connectivity index (χ1n) is 15.0. The minimum absolute atomic E-state index is 0. The summed E-state index contributed by atoms with van der Waals surface area (Å²) in [7, 11) is 0. The van der Waals surface area contributed by atoms with Crippen LogP contribution in [0, 0.1) is 13.8 Å². The van der Waals surface area contributed by atoms with Gasteiger partial charge in [0.25, 0.3) is 0 Å². The van der Waals surface area contributed by atoms with E-state index in [-0.39, 0.29) is 17.0 Å². The van der Waals surface area contributed by atoms with Crippen LogP contribution in [0.5, 0.6) is 0 Å².